The maximum atomic E-state index is 13.0. The second kappa shape index (κ2) is 5.90. The second-order valence-corrected chi connectivity index (χ2v) is 7.93. The number of hydrogen-bond donors (Lipinski definition) is 0. The van der Waals surface area contributed by atoms with Gasteiger partial charge in [0.2, 0.25) is 10.0 Å². The van der Waals surface area contributed by atoms with Gasteiger partial charge in [-0.25, -0.2) is 12.8 Å². The maximum absolute atomic E-state index is 13.0. The van der Waals surface area contributed by atoms with E-state index >= 15 is 0 Å². The minimum Gasteiger partial charge on any atom is -0.207 e. The van der Waals surface area contributed by atoms with E-state index in [1.165, 1.54) is 22.5 Å². The van der Waals surface area contributed by atoms with Gasteiger partial charge in [0, 0.05) is 23.3 Å². The van der Waals surface area contributed by atoms with E-state index in [9.17, 15) is 12.8 Å². The lowest BCUT2D eigenvalue weighted by Crippen LogP contribution is -2.33. The van der Waals surface area contributed by atoms with Crippen molar-refractivity contribution in [3.63, 3.8) is 0 Å². The Morgan fingerprint density at radius 3 is 2.78 bits per heavy atom. The normalized spacial score (nSPS) is 18.6. The zero-order chi connectivity index (χ0) is 13.2. The highest BCUT2D eigenvalue weighted by Gasteiger charge is 2.27. The third-order valence-electron chi connectivity index (χ3n) is 2.69. The monoisotopic (exact) mass is 353 g/mol. The first kappa shape index (κ1) is 14.3. The van der Waals surface area contributed by atoms with Gasteiger partial charge in [0.15, 0.2) is 0 Å². The molecule has 1 aliphatic heterocycles. The van der Waals surface area contributed by atoms with Crippen molar-refractivity contribution < 1.29 is 12.8 Å². The van der Waals surface area contributed by atoms with Crippen LogP contribution in [0.3, 0.4) is 0 Å². The Kier molecular flexibility index (Phi) is 4.69. The van der Waals surface area contributed by atoms with Gasteiger partial charge in [-0.1, -0.05) is 0 Å². The first-order valence-electron chi connectivity index (χ1n) is 5.55. The van der Waals surface area contributed by atoms with Gasteiger partial charge in [-0.15, -0.1) is 0 Å². The Morgan fingerprint density at radius 2 is 2.06 bits per heavy atom. The van der Waals surface area contributed by atoms with Crippen LogP contribution in [0.5, 0.6) is 0 Å². The number of halogens is 2. The summed E-state index contributed by atoms with van der Waals surface area (Å²) in [7, 11) is -3.53. The molecule has 0 spiro atoms. The Labute approximate surface area is 119 Å². The Bertz CT molecular complexity index is 528. The first-order chi connectivity index (χ1) is 8.51. The van der Waals surface area contributed by atoms with Crippen LogP contribution in [0.2, 0.25) is 0 Å². The van der Waals surface area contributed by atoms with E-state index in [2.05, 4.69) is 15.9 Å². The van der Waals surface area contributed by atoms with Gasteiger partial charge in [-0.2, -0.15) is 16.1 Å². The molecular weight excluding hydrogens is 341 g/mol. The molecule has 1 fully saturated rings. The molecule has 1 aromatic rings. The highest BCUT2D eigenvalue weighted by molar-refractivity contribution is 9.10. The third-order valence-corrected chi connectivity index (χ3v) is 6.62. The van der Waals surface area contributed by atoms with E-state index in [0.717, 1.165) is 17.9 Å². The van der Waals surface area contributed by atoms with Crippen molar-refractivity contribution in [2.24, 2.45) is 0 Å². The van der Waals surface area contributed by atoms with Gasteiger partial charge in [0.25, 0.3) is 0 Å². The summed E-state index contributed by atoms with van der Waals surface area (Å²) in [6.45, 7) is 1.04. The van der Waals surface area contributed by atoms with E-state index in [1.54, 1.807) is 11.8 Å². The number of rotatable bonds is 2. The molecule has 1 saturated heterocycles. The number of sulfonamides is 1. The standard InChI is InChI=1S/C11H13BrFNO2S2/c12-10-8-9(13)2-3-11(10)18(15,16)14-4-1-6-17-7-5-14/h2-3,8H,1,4-7H2. The van der Waals surface area contributed by atoms with Gasteiger partial charge in [0.1, 0.15) is 5.82 Å². The lowest BCUT2D eigenvalue weighted by molar-refractivity contribution is 0.434. The Morgan fingerprint density at radius 1 is 1.28 bits per heavy atom. The number of thioether (sulfide) groups is 1. The summed E-state index contributed by atoms with van der Waals surface area (Å²) in [6, 6.07) is 3.66. The Balaban J connectivity index is 2.34. The van der Waals surface area contributed by atoms with Crippen LogP contribution in [0.4, 0.5) is 4.39 Å². The SMILES string of the molecule is O=S(=O)(c1ccc(F)cc1Br)N1CCCSCC1. The fourth-order valence-electron chi connectivity index (χ4n) is 1.79. The molecule has 0 aliphatic carbocycles. The maximum Gasteiger partial charge on any atom is 0.244 e. The molecule has 18 heavy (non-hydrogen) atoms. The summed E-state index contributed by atoms with van der Waals surface area (Å²) in [6.07, 6.45) is 0.850. The minimum atomic E-state index is -3.53. The average molecular weight is 354 g/mol. The number of nitrogens with zero attached hydrogens (tertiary/aromatic N) is 1. The van der Waals surface area contributed by atoms with Crippen molar-refractivity contribution in [1.82, 2.24) is 4.31 Å². The molecule has 0 bridgehead atoms. The van der Waals surface area contributed by atoms with Crippen LogP contribution in [-0.2, 0) is 10.0 Å². The van der Waals surface area contributed by atoms with E-state index in [4.69, 9.17) is 0 Å². The molecule has 0 N–H and O–H groups in total. The Hall–Kier alpha value is -0.110. The molecule has 1 aliphatic rings. The van der Waals surface area contributed by atoms with Crippen molar-refractivity contribution in [2.45, 2.75) is 11.3 Å². The average Bonchev–Trinajstić information content (AvgIpc) is 2.57. The molecular formula is C11H13BrFNO2S2. The molecule has 7 heteroatoms. The fourth-order valence-corrected chi connectivity index (χ4v) is 5.28. The second-order valence-electron chi connectivity index (χ2n) is 3.94. The molecule has 0 amide bonds. The van der Waals surface area contributed by atoms with Crippen molar-refractivity contribution >= 4 is 37.7 Å². The molecule has 3 nitrogen and oxygen atoms in total. The van der Waals surface area contributed by atoms with Crippen molar-refractivity contribution in [3.05, 3.63) is 28.5 Å². The van der Waals surface area contributed by atoms with E-state index in [0.29, 0.717) is 13.1 Å². The van der Waals surface area contributed by atoms with E-state index in [-0.39, 0.29) is 9.37 Å². The molecule has 2 rings (SSSR count). The van der Waals surface area contributed by atoms with Gasteiger partial charge >= 0.3 is 0 Å². The van der Waals surface area contributed by atoms with Crippen molar-refractivity contribution in [3.8, 4) is 0 Å². The molecule has 0 aromatic heterocycles. The molecule has 0 atom stereocenters. The summed E-state index contributed by atoms with van der Waals surface area (Å²) in [5, 5.41) is 0. The van der Waals surface area contributed by atoms with Crippen LogP contribution in [-0.4, -0.2) is 37.3 Å². The molecule has 1 heterocycles. The first-order valence-corrected chi connectivity index (χ1v) is 8.93. The largest absolute Gasteiger partial charge is 0.244 e. The lowest BCUT2D eigenvalue weighted by atomic mass is 10.3. The number of benzene rings is 1. The van der Waals surface area contributed by atoms with Gasteiger partial charge in [0.05, 0.1) is 4.90 Å². The predicted octanol–water partition coefficient (Wildman–Crippen LogP) is 2.72. The van der Waals surface area contributed by atoms with Crippen LogP contribution in [0.15, 0.2) is 27.6 Å². The molecule has 0 saturated carbocycles. The fraction of sp³-hybridized carbons (Fsp3) is 0.455. The summed E-state index contributed by atoms with van der Waals surface area (Å²) in [5.41, 5.74) is 0. The van der Waals surface area contributed by atoms with Crippen LogP contribution in [0.25, 0.3) is 0 Å². The zero-order valence-corrected chi connectivity index (χ0v) is 12.8. The molecule has 0 unspecified atom stereocenters. The molecule has 1 aromatic carbocycles. The van der Waals surface area contributed by atoms with E-state index in [1.807, 2.05) is 0 Å². The third kappa shape index (κ3) is 3.07. The topological polar surface area (TPSA) is 37.4 Å². The quantitative estimate of drug-likeness (QED) is 0.820. The van der Waals surface area contributed by atoms with Crippen LogP contribution < -0.4 is 0 Å². The van der Waals surface area contributed by atoms with Gasteiger partial charge < -0.3 is 0 Å². The molecule has 0 radical (unpaired) electrons. The van der Waals surface area contributed by atoms with Crippen molar-refractivity contribution in [2.75, 3.05) is 24.6 Å². The molecule has 100 valence electrons. The number of hydrogen-bond acceptors (Lipinski definition) is 3. The minimum absolute atomic E-state index is 0.135. The summed E-state index contributed by atoms with van der Waals surface area (Å²) < 4.78 is 39.6. The smallest absolute Gasteiger partial charge is 0.207 e. The van der Waals surface area contributed by atoms with Gasteiger partial charge in [-0.3, -0.25) is 0 Å². The van der Waals surface area contributed by atoms with Crippen LogP contribution in [0.1, 0.15) is 6.42 Å². The van der Waals surface area contributed by atoms with Crippen LogP contribution >= 0.6 is 27.7 Å². The highest BCUT2D eigenvalue weighted by Crippen LogP contribution is 2.27. The predicted molar refractivity (Wildman–Crippen MR) is 74.8 cm³/mol. The van der Waals surface area contributed by atoms with Gasteiger partial charge in [-0.05, 0) is 46.3 Å². The lowest BCUT2D eigenvalue weighted by Gasteiger charge is -2.20. The van der Waals surface area contributed by atoms with Crippen molar-refractivity contribution in [1.29, 1.82) is 0 Å². The summed E-state index contributed by atoms with van der Waals surface area (Å²) in [5.74, 6) is 1.33. The highest BCUT2D eigenvalue weighted by atomic mass is 79.9. The summed E-state index contributed by atoms with van der Waals surface area (Å²) in [4.78, 5) is 0.135. The van der Waals surface area contributed by atoms with E-state index < -0.39 is 15.8 Å². The zero-order valence-electron chi connectivity index (χ0n) is 9.60. The van der Waals surface area contributed by atoms with Crippen LogP contribution in [0, 0.1) is 5.82 Å². The summed E-state index contributed by atoms with van der Waals surface area (Å²) >= 11 is 4.88.